The molecule has 400 valence electrons. The first-order chi connectivity index (χ1) is 37.8. The smallest absolute Gasteiger partial charge is 0.278 e. The number of thioether (sulfide) groups is 2. The SMILES string of the molecule is O=C1c2c(O)c(=O)ccn2N([C@@H]2c3ccccc3SCc3c2ccc(F)c3F)[C@@H]2[C@H]3C[C@@H]4CC[C@@]3(CCN12)O4.O=C1c2c(O)c(=O)ccn2N([C@H]2c3ccccc3SCc3c2ccc(F)c3F)[C@@H]2[C@H]3C[C@@H]4CC[C@@]3(CCN12)O4. The van der Waals surface area contributed by atoms with Gasteiger partial charge in [0.1, 0.15) is 12.3 Å². The minimum atomic E-state index is -0.908. The van der Waals surface area contributed by atoms with Gasteiger partial charge in [-0.15, -0.1) is 23.5 Å². The van der Waals surface area contributed by atoms with E-state index in [-0.39, 0.29) is 69.3 Å². The summed E-state index contributed by atoms with van der Waals surface area (Å²) in [5.74, 6) is -5.19. The number of hydrogen-bond acceptors (Lipinski definition) is 12. The lowest BCUT2D eigenvalue weighted by Gasteiger charge is -2.57. The summed E-state index contributed by atoms with van der Waals surface area (Å²) in [4.78, 5) is 58.2. The van der Waals surface area contributed by atoms with Gasteiger partial charge in [0.25, 0.3) is 11.8 Å². The Hall–Kier alpha value is -6.74. The monoisotopic (exact) mass is 1100 g/mol. The molecule has 10 atom stereocenters. The lowest BCUT2D eigenvalue weighted by molar-refractivity contribution is -0.0760. The van der Waals surface area contributed by atoms with Gasteiger partial charge in [-0.3, -0.25) is 38.5 Å². The molecule has 4 aromatic carbocycles. The lowest BCUT2D eigenvalue weighted by atomic mass is 9.71. The molecule has 6 saturated heterocycles. The maximum atomic E-state index is 15.4. The number of halogens is 4. The summed E-state index contributed by atoms with van der Waals surface area (Å²) in [7, 11) is 0. The average molecular weight is 1100 g/mol. The molecular weight excluding hydrogens is 1050 g/mol. The van der Waals surface area contributed by atoms with Crippen molar-refractivity contribution in [3.05, 3.63) is 186 Å². The van der Waals surface area contributed by atoms with Crippen molar-refractivity contribution < 1.29 is 46.8 Å². The van der Waals surface area contributed by atoms with Crippen LogP contribution in [0.5, 0.6) is 11.5 Å². The zero-order valence-electron chi connectivity index (χ0n) is 41.7. The molecule has 2 spiro atoms. The molecule has 2 aromatic heterocycles. The van der Waals surface area contributed by atoms with Crippen LogP contribution in [0.2, 0.25) is 0 Å². The fourth-order valence-electron chi connectivity index (χ4n) is 15.3. The fourth-order valence-corrected chi connectivity index (χ4v) is 17.6. The third kappa shape index (κ3) is 6.71. The normalized spacial score (nSPS) is 30.3. The maximum absolute atomic E-state index is 15.4. The van der Waals surface area contributed by atoms with Gasteiger partial charge in [-0.25, -0.2) is 17.6 Å². The summed E-state index contributed by atoms with van der Waals surface area (Å²) < 4.78 is 76.1. The van der Waals surface area contributed by atoms with Crippen LogP contribution in [0.15, 0.2) is 117 Å². The van der Waals surface area contributed by atoms with Crippen molar-refractivity contribution in [2.24, 2.45) is 11.8 Å². The number of fused-ring (bicyclic) bond motifs is 12. The number of carbonyl (C=O) groups is 2. The zero-order valence-corrected chi connectivity index (χ0v) is 43.3. The summed E-state index contributed by atoms with van der Waals surface area (Å²) in [5.41, 5.74) is 1.25. The second-order valence-corrected chi connectivity index (χ2v) is 24.2. The number of aromatic nitrogens is 2. The number of piperidine rings is 2. The van der Waals surface area contributed by atoms with Crippen molar-refractivity contribution in [2.75, 3.05) is 23.1 Å². The first kappa shape index (κ1) is 48.4. The van der Waals surface area contributed by atoms with Gasteiger partial charge in [0.05, 0.1) is 35.5 Å². The Labute approximate surface area is 452 Å². The Morgan fingerprint density at radius 3 is 1.37 bits per heavy atom. The molecular formula is C58H50F4N6O8S2. The highest BCUT2D eigenvalue weighted by atomic mass is 32.2. The minimum Gasteiger partial charge on any atom is -0.502 e. The molecule has 4 bridgehead atoms. The van der Waals surface area contributed by atoms with E-state index in [2.05, 4.69) is 0 Å². The van der Waals surface area contributed by atoms with Crippen LogP contribution in [0.25, 0.3) is 0 Å². The molecule has 0 unspecified atom stereocenters. The maximum Gasteiger partial charge on any atom is 0.278 e. The number of hydrogen-bond donors (Lipinski definition) is 2. The highest BCUT2D eigenvalue weighted by Gasteiger charge is 2.65. The molecule has 0 radical (unpaired) electrons. The Morgan fingerprint density at radius 1 is 0.526 bits per heavy atom. The van der Waals surface area contributed by atoms with Gasteiger partial charge in [0.2, 0.25) is 10.9 Å². The third-order valence-electron chi connectivity index (χ3n) is 18.7. The summed E-state index contributed by atoms with van der Waals surface area (Å²) in [5, 5.41) is 25.8. The predicted molar refractivity (Wildman–Crippen MR) is 278 cm³/mol. The topological polar surface area (TPSA) is 150 Å². The van der Waals surface area contributed by atoms with E-state index in [0.29, 0.717) is 37.1 Å². The second-order valence-electron chi connectivity index (χ2n) is 22.2. The number of nitrogens with zero attached hydrogens (tertiary/aromatic N) is 6. The van der Waals surface area contributed by atoms with Gasteiger partial charge in [-0.05, 0) is 97.9 Å². The Bertz CT molecular complexity index is 3500. The quantitative estimate of drug-likeness (QED) is 0.160. The van der Waals surface area contributed by atoms with E-state index in [1.165, 1.54) is 48.1 Å². The molecule has 2 amide bonds. The molecule has 16 rings (SSSR count). The van der Waals surface area contributed by atoms with Crippen LogP contribution in [0.1, 0.15) is 118 Å². The summed E-state index contributed by atoms with van der Waals surface area (Å²) in [6.07, 6.45) is 9.00. The molecule has 6 fully saturated rings. The van der Waals surface area contributed by atoms with Gasteiger partial charge in [-0.2, -0.15) is 0 Å². The van der Waals surface area contributed by atoms with E-state index < -0.39 is 81.9 Å². The zero-order chi connectivity index (χ0) is 53.3. The Balaban J connectivity index is 0.000000136. The van der Waals surface area contributed by atoms with Crippen molar-refractivity contribution in [1.82, 2.24) is 19.2 Å². The van der Waals surface area contributed by atoms with Crippen LogP contribution < -0.4 is 20.9 Å². The van der Waals surface area contributed by atoms with E-state index in [0.717, 1.165) is 71.6 Å². The van der Waals surface area contributed by atoms with Crippen molar-refractivity contribution in [1.29, 1.82) is 0 Å². The lowest BCUT2D eigenvalue weighted by Crippen LogP contribution is -2.70. The van der Waals surface area contributed by atoms with E-state index in [4.69, 9.17) is 9.47 Å². The Morgan fingerprint density at radius 2 is 0.949 bits per heavy atom. The molecule has 10 aliphatic heterocycles. The number of pyridine rings is 2. The standard InChI is InChI=1S/2C29H25F2N3O4S/c2*30-20-6-5-16-18(23(20)31)14-39-22-4-2-1-3-17(22)24(16)34-27-19-13-15-7-9-29(19,38-15)10-12-32(27)28(37)25-26(36)21(35)8-11-33(25)34/h2*1-6,8,11,15,19,24,27,36H,7,9-10,12-14H2/t15-,19+,24+,27+,29-;15-,19+,24-,27+,29-/m00/s1. The van der Waals surface area contributed by atoms with Crippen LogP contribution in [0, 0.1) is 35.1 Å². The van der Waals surface area contributed by atoms with Crippen molar-refractivity contribution >= 4 is 35.3 Å². The predicted octanol–water partition coefficient (Wildman–Crippen LogP) is 8.58. The van der Waals surface area contributed by atoms with Gasteiger partial charge in [0.15, 0.2) is 46.2 Å². The highest BCUT2D eigenvalue weighted by molar-refractivity contribution is 7.98. The molecule has 0 aliphatic carbocycles. The number of amides is 2. The number of carbonyl (C=O) groups excluding carboxylic acids is 2. The van der Waals surface area contributed by atoms with Crippen molar-refractivity contribution in [2.45, 2.75) is 120 Å². The molecule has 2 N–H and O–H groups in total. The van der Waals surface area contributed by atoms with Crippen molar-refractivity contribution in [3.63, 3.8) is 0 Å². The van der Waals surface area contributed by atoms with Crippen LogP contribution >= 0.6 is 23.5 Å². The third-order valence-corrected chi connectivity index (χ3v) is 20.9. The molecule has 10 aliphatic rings. The summed E-state index contributed by atoms with van der Waals surface area (Å²) in [6.45, 7) is 0.805. The summed E-state index contributed by atoms with van der Waals surface area (Å²) in [6, 6.07) is 22.3. The van der Waals surface area contributed by atoms with Gasteiger partial charge >= 0.3 is 0 Å². The van der Waals surface area contributed by atoms with Crippen LogP contribution in [-0.4, -0.2) is 90.0 Å². The molecule has 6 aromatic rings. The van der Waals surface area contributed by atoms with Crippen LogP contribution in [0.3, 0.4) is 0 Å². The molecule has 14 nitrogen and oxygen atoms in total. The number of ether oxygens (including phenoxy) is 2. The van der Waals surface area contributed by atoms with E-state index >= 15 is 8.78 Å². The fraction of sp³-hybridized carbons (Fsp3) is 0.379. The first-order valence-electron chi connectivity index (χ1n) is 26.6. The molecule has 12 heterocycles. The second kappa shape index (κ2) is 17.4. The van der Waals surface area contributed by atoms with Gasteiger partial charge in [0, 0.05) is 81.9 Å². The highest BCUT2D eigenvalue weighted by Crippen LogP contribution is 2.59. The molecule has 20 heteroatoms. The number of rotatable bonds is 2. The molecule has 0 saturated carbocycles. The average Bonchev–Trinajstić information content (AvgIpc) is 3.80. The summed E-state index contributed by atoms with van der Waals surface area (Å²) >= 11 is 2.89. The van der Waals surface area contributed by atoms with Gasteiger partial charge in [-0.1, -0.05) is 48.5 Å². The number of aromatic hydroxyl groups is 2. The van der Waals surface area contributed by atoms with Crippen molar-refractivity contribution in [3.8, 4) is 11.5 Å². The first-order valence-corrected chi connectivity index (χ1v) is 28.5. The Kier molecular flexibility index (Phi) is 10.8. The molecule has 78 heavy (non-hydrogen) atoms. The largest absolute Gasteiger partial charge is 0.502 e. The minimum absolute atomic E-state index is 0.0273. The number of benzene rings is 4. The van der Waals surface area contributed by atoms with Crippen LogP contribution in [-0.2, 0) is 21.0 Å². The van der Waals surface area contributed by atoms with E-state index in [1.807, 2.05) is 58.5 Å². The van der Waals surface area contributed by atoms with Crippen LogP contribution in [0.4, 0.5) is 17.6 Å². The van der Waals surface area contributed by atoms with Gasteiger partial charge < -0.3 is 29.5 Å². The van der Waals surface area contributed by atoms with E-state index in [9.17, 15) is 38.2 Å². The van der Waals surface area contributed by atoms with E-state index in [1.54, 1.807) is 31.3 Å².